The van der Waals surface area contributed by atoms with Gasteiger partial charge in [-0.2, -0.15) is 39.5 Å². The molecular formula is C22H22F9N3O3. The van der Waals surface area contributed by atoms with Gasteiger partial charge in [0.05, 0.1) is 22.9 Å². The average Bonchev–Trinajstić information content (AvgIpc) is 2.76. The van der Waals surface area contributed by atoms with Crippen LogP contribution in [0.5, 0.6) is 0 Å². The SMILES string of the molecule is CC(C)[C@H](C)NC(=O)N[C@@H](c1ccc(C(F)(F)F)cc1)c1ncccc1C(F)(F)F.O=C(O)C(F)(F)F. The molecule has 0 bridgehead atoms. The van der Waals surface area contributed by atoms with Crippen LogP contribution in [0.25, 0.3) is 0 Å². The van der Waals surface area contributed by atoms with E-state index in [-0.39, 0.29) is 17.5 Å². The average molecular weight is 547 g/mol. The van der Waals surface area contributed by atoms with Crippen molar-refractivity contribution in [2.75, 3.05) is 0 Å². The summed E-state index contributed by atoms with van der Waals surface area (Å²) in [7, 11) is 0. The lowest BCUT2D eigenvalue weighted by Gasteiger charge is -2.25. The third-order valence-corrected chi connectivity index (χ3v) is 4.87. The Kier molecular flexibility index (Phi) is 10.3. The molecule has 0 unspecified atom stereocenters. The molecule has 2 aromatic rings. The number of carboxylic acids is 1. The molecule has 0 spiro atoms. The molecule has 1 heterocycles. The largest absolute Gasteiger partial charge is 0.490 e. The van der Waals surface area contributed by atoms with Gasteiger partial charge in [0.1, 0.15) is 0 Å². The Balaban J connectivity index is 0.000000856. The van der Waals surface area contributed by atoms with E-state index >= 15 is 0 Å². The van der Waals surface area contributed by atoms with Crippen molar-refractivity contribution in [2.45, 2.75) is 51.4 Å². The van der Waals surface area contributed by atoms with Crippen molar-refractivity contribution >= 4 is 12.0 Å². The van der Waals surface area contributed by atoms with Crippen LogP contribution in [-0.2, 0) is 17.1 Å². The second-order valence-corrected chi connectivity index (χ2v) is 7.94. The number of urea groups is 1. The van der Waals surface area contributed by atoms with Gasteiger partial charge in [-0.1, -0.05) is 26.0 Å². The summed E-state index contributed by atoms with van der Waals surface area (Å²) >= 11 is 0. The summed E-state index contributed by atoms with van der Waals surface area (Å²) in [5, 5.41) is 12.1. The smallest absolute Gasteiger partial charge is 0.475 e. The number of hydrogen-bond donors (Lipinski definition) is 3. The van der Waals surface area contributed by atoms with Gasteiger partial charge in [-0.3, -0.25) is 4.98 Å². The highest BCUT2D eigenvalue weighted by Crippen LogP contribution is 2.36. The first-order valence-corrected chi connectivity index (χ1v) is 10.3. The Labute approximate surface area is 204 Å². The lowest BCUT2D eigenvalue weighted by atomic mass is 9.98. The van der Waals surface area contributed by atoms with E-state index in [1.807, 2.05) is 13.8 Å². The number of amides is 2. The van der Waals surface area contributed by atoms with Gasteiger partial charge in [-0.15, -0.1) is 0 Å². The molecule has 2 amide bonds. The van der Waals surface area contributed by atoms with Crippen LogP contribution in [0.4, 0.5) is 44.3 Å². The number of carbonyl (C=O) groups excluding carboxylic acids is 1. The third kappa shape index (κ3) is 9.80. The normalized spacial score (nSPS) is 13.8. The van der Waals surface area contributed by atoms with Gasteiger partial charge in [-0.05, 0) is 42.7 Å². The van der Waals surface area contributed by atoms with E-state index in [1.54, 1.807) is 6.92 Å². The lowest BCUT2D eigenvalue weighted by Crippen LogP contribution is -2.45. The highest BCUT2D eigenvalue weighted by Gasteiger charge is 2.39. The number of aliphatic carboxylic acids is 1. The van der Waals surface area contributed by atoms with Crippen molar-refractivity contribution in [1.82, 2.24) is 15.6 Å². The predicted molar refractivity (Wildman–Crippen MR) is 112 cm³/mol. The minimum absolute atomic E-state index is 0.0274. The number of rotatable bonds is 5. The molecule has 1 aromatic carbocycles. The second kappa shape index (κ2) is 12.1. The van der Waals surface area contributed by atoms with Crippen molar-refractivity contribution < 1.29 is 54.2 Å². The highest BCUT2D eigenvalue weighted by atomic mass is 19.4. The number of alkyl halides is 9. The quantitative estimate of drug-likeness (QED) is 0.390. The van der Waals surface area contributed by atoms with Crippen LogP contribution in [-0.4, -0.2) is 34.3 Å². The van der Waals surface area contributed by atoms with Crippen LogP contribution >= 0.6 is 0 Å². The molecule has 6 nitrogen and oxygen atoms in total. The van der Waals surface area contributed by atoms with Gasteiger partial charge < -0.3 is 15.7 Å². The Morgan fingerprint density at radius 1 is 0.838 bits per heavy atom. The van der Waals surface area contributed by atoms with Crippen LogP contribution in [0.3, 0.4) is 0 Å². The van der Waals surface area contributed by atoms with E-state index in [4.69, 9.17) is 9.90 Å². The first kappa shape index (κ1) is 31.5. The molecule has 2 atom stereocenters. The van der Waals surface area contributed by atoms with Crippen LogP contribution in [0.1, 0.15) is 49.2 Å². The third-order valence-electron chi connectivity index (χ3n) is 4.87. The second-order valence-electron chi connectivity index (χ2n) is 7.94. The van der Waals surface area contributed by atoms with Gasteiger partial charge in [0.25, 0.3) is 0 Å². The Hall–Kier alpha value is -3.52. The number of nitrogens with one attached hydrogen (secondary N) is 2. The van der Waals surface area contributed by atoms with Crippen LogP contribution in [0, 0.1) is 5.92 Å². The summed E-state index contributed by atoms with van der Waals surface area (Å²) in [4.78, 5) is 25.1. The van der Waals surface area contributed by atoms with Crippen LogP contribution in [0.2, 0.25) is 0 Å². The summed E-state index contributed by atoms with van der Waals surface area (Å²) in [6.45, 7) is 5.41. The Morgan fingerprint density at radius 3 is 1.76 bits per heavy atom. The van der Waals surface area contributed by atoms with Crippen molar-refractivity contribution in [3.8, 4) is 0 Å². The Bertz CT molecular complexity index is 1050. The highest BCUT2D eigenvalue weighted by molar-refractivity contribution is 5.75. The molecule has 2 rings (SSSR count). The maximum absolute atomic E-state index is 13.5. The zero-order chi connectivity index (χ0) is 28.8. The molecule has 3 N–H and O–H groups in total. The van der Waals surface area contributed by atoms with E-state index in [1.165, 1.54) is 0 Å². The molecule has 15 heteroatoms. The van der Waals surface area contributed by atoms with Crippen molar-refractivity contribution in [3.05, 3.63) is 65.0 Å². The van der Waals surface area contributed by atoms with E-state index in [0.717, 1.165) is 42.6 Å². The molecule has 37 heavy (non-hydrogen) atoms. The van der Waals surface area contributed by atoms with E-state index in [0.29, 0.717) is 0 Å². The zero-order valence-electron chi connectivity index (χ0n) is 19.4. The maximum Gasteiger partial charge on any atom is 0.490 e. The van der Waals surface area contributed by atoms with E-state index in [9.17, 15) is 44.3 Å². The van der Waals surface area contributed by atoms with E-state index in [2.05, 4.69) is 15.6 Å². The first-order chi connectivity index (χ1) is 16.7. The molecule has 0 saturated carbocycles. The minimum Gasteiger partial charge on any atom is -0.475 e. The number of halogens is 9. The van der Waals surface area contributed by atoms with Gasteiger partial charge in [0, 0.05) is 12.2 Å². The molecule has 0 saturated heterocycles. The molecule has 0 aliphatic carbocycles. The van der Waals surface area contributed by atoms with Crippen LogP contribution < -0.4 is 10.6 Å². The van der Waals surface area contributed by atoms with Crippen molar-refractivity contribution in [1.29, 1.82) is 0 Å². The van der Waals surface area contributed by atoms with E-state index < -0.39 is 53.4 Å². The molecule has 0 aliphatic heterocycles. The molecule has 0 fully saturated rings. The minimum atomic E-state index is -5.08. The lowest BCUT2D eigenvalue weighted by molar-refractivity contribution is -0.192. The number of carbonyl (C=O) groups is 2. The van der Waals surface area contributed by atoms with Gasteiger partial charge >= 0.3 is 30.5 Å². The fourth-order valence-electron chi connectivity index (χ4n) is 2.61. The molecular weight excluding hydrogens is 525 g/mol. The monoisotopic (exact) mass is 547 g/mol. The number of hydrogen-bond acceptors (Lipinski definition) is 3. The molecule has 0 aliphatic rings. The summed E-state index contributed by atoms with van der Waals surface area (Å²) in [5.41, 5.74) is -2.54. The van der Waals surface area contributed by atoms with Gasteiger partial charge in [0.2, 0.25) is 0 Å². The maximum atomic E-state index is 13.5. The standard InChI is InChI=1S/C20H21F6N3O.C2HF3O2/c1-11(2)12(3)28-18(30)29-16(13-6-8-14(9-7-13)19(21,22)23)17-15(20(24,25)26)5-4-10-27-17;3-2(4,5)1(6)7/h4-12,16H,1-3H3,(H2,28,29,30);(H,6,7)/t12-,16-;/m0./s1. The number of pyridine rings is 1. The fourth-order valence-corrected chi connectivity index (χ4v) is 2.61. The first-order valence-electron chi connectivity index (χ1n) is 10.3. The van der Waals surface area contributed by atoms with Gasteiger partial charge in [-0.25, -0.2) is 9.59 Å². The number of aromatic nitrogens is 1. The van der Waals surface area contributed by atoms with Crippen LogP contribution in [0.15, 0.2) is 42.6 Å². The predicted octanol–water partition coefficient (Wildman–Crippen LogP) is 6.19. The van der Waals surface area contributed by atoms with Crippen molar-refractivity contribution in [2.24, 2.45) is 5.92 Å². The molecule has 0 radical (unpaired) electrons. The molecule has 206 valence electrons. The summed E-state index contributed by atoms with van der Waals surface area (Å²) in [6, 6.07) is 2.97. The summed E-state index contributed by atoms with van der Waals surface area (Å²) in [5.74, 6) is -2.70. The fraction of sp³-hybridized carbons (Fsp3) is 0.409. The number of benzene rings is 1. The summed E-state index contributed by atoms with van der Waals surface area (Å²) in [6.07, 6.45) is -13.3. The van der Waals surface area contributed by atoms with Crippen molar-refractivity contribution in [3.63, 3.8) is 0 Å². The summed E-state index contributed by atoms with van der Waals surface area (Å²) < 4.78 is 111. The number of nitrogens with zero attached hydrogens (tertiary/aromatic N) is 1. The zero-order valence-corrected chi connectivity index (χ0v) is 19.4. The molecule has 1 aromatic heterocycles. The topological polar surface area (TPSA) is 91.3 Å². The number of carboxylic acid groups (broad SMARTS) is 1. The van der Waals surface area contributed by atoms with Gasteiger partial charge in [0.15, 0.2) is 0 Å². The Morgan fingerprint density at radius 2 is 1.35 bits per heavy atom.